The number of furan rings is 1. The number of hydrogen-bond acceptors (Lipinski definition) is 3. The third-order valence-corrected chi connectivity index (χ3v) is 2.70. The summed E-state index contributed by atoms with van der Waals surface area (Å²) in [6, 6.07) is 5.85. The zero-order chi connectivity index (χ0) is 14.0. The Morgan fingerprint density at radius 3 is 2.58 bits per heavy atom. The van der Waals surface area contributed by atoms with Gasteiger partial charge in [0.2, 0.25) is 0 Å². The highest BCUT2D eigenvalue weighted by Gasteiger charge is 2.31. The summed E-state index contributed by atoms with van der Waals surface area (Å²) >= 11 is 5.86. The summed E-state index contributed by atoms with van der Waals surface area (Å²) in [7, 11) is 0. The molecular weight excluding hydrogens is 283 g/mol. The Morgan fingerprint density at radius 1 is 1.21 bits per heavy atom. The third-order valence-electron chi connectivity index (χ3n) is 2.37. The smallest absolute Gasteiger partial charge is 0.416 e. The minimum atomic E-state index is -4.46. The monoisotopic (exact) mass is 289 g/mol. The molecule has 0 saturated carbocycles. The molecule has 0 bridgehead atoms. The van der Waals surface area contributed by atoms with Crippen molar-refractivity contribution in [2.24, 2.45) is 5.16 Å². The zero-order valence-corrected chi connectivity index (χ0v) is 10.0. The van der Waals surface area contributed by atoms with Gasteiger partial charge in [0, 0.05) is 5.56 Å². The van der Waals surface area contributed by atoms with Gasteiger partial charge >= 0.3 is 6.18 Å². The molecule has 19 heavy (non-hydrogen) atoms. The molecule has 0 radical (unpaired) electrons. The molecule has 1 N–H and O–H groups in total. The summed E-state index contributed by atoms with van der Waals surface area (Å²) in [6.07, 6.45) is -3.44. The first kappa shape index (κ1) is 13.5. The first-order valence-corrected chi connectivity index (χ1v) is 5.44. The molecule has 2 aromatic rings. The van der Waals surface area contributed by atoms with Gasteiger partial charge in [-0.3, -0.25) is 0 Å². The van der Waals surface area contributed by atoms with Gasteiger partial charge < -0.3 is 9.62 Å². The first-order chi connectivity index (χ1) is 8.91. The lowest BCUT2D eigenvalue weighted by atomic mass is 10.1. The zero-order valence-electron chi connectivity index (χ0n) is 9.28. The molecule has 0 aliphatic heterocycles. The van der Waals surface area contributed by atoms with Crippen LogP contribution in [-0.4, -0.2) is 11.4 Å². The van der Waals surface area contributed by atoms with E-state index in [9.17, 15) is 13.2 Å². The summed E-state index contributed by atoms with van der Waals surface area (Å²) in [5.41, 5.74) is -0.699. The van der Waals surface area contributed by atoms with Gasteiger partial charge in [0.15, 0.2) is 0 Å². The molecule has 0 atom stereocenters. The van der Waals surface area contributed by atoms with E-state index in [1.807, 2.05) is 0 Å². The van der Waals surface area contributed by atoms with Gasteiger partial charge in [-0.1, -0.05) is 16.8 Å². The van der Waals surface area contributed by atoms with E-state index in [4.69, 9.17) is 21.2 Å². The molecule has 0 saturated heterocycles. The van der Waals surface area contributed by atoms with Crippen LogP contribution in [0, 0.1) is 0 Å². The van der Waals surface area contributed by atoms with E-state index in [2.05, 4.69) is 5.16 Å². The number of nitrogens with zero attached hydrogens (tertiary/aromatic N) is 1. The largest absolute Gasteiger partial charge is 0.455 e. The van der Waals surface area contributed by atoms with Crippen LogP contribution >= 0.6 is 11.6 Å². The second kappa shape index (κ2) is 4.97. The highest BCUT2D eigenvalue weighted by molar-refractivity contribution is 6.33. The molecule has 1 aromatic carbocycles. The van der Waals surface area contributed by atoms with Crippen LogP contribution in [0.2, 0.25) is 5.02 Å². The van der Waals surface area contributed by atoms with E-state index < -0.39 is 11.7 Å². The number of benzene rings is 1. The summed E-state index contributed by atoms with van der Waals surface area (Å²) in [4.78, 5) is 0. The van der Waals surface area contributed by atoms with Gasteiger partial charge in [0.25, 0.3) is 0 Å². The van der Waals surface area contributed by atoms with Gasteiger partial charge in [-0.2, -0.15) is 13.2 Å². The van der Waals surface area contributed by atoms with Gasteiger partial charge in [0.1, 0.15) is 17.7 Å². The van der Waals surface area contributed by atoms with Crippen molar-refractivity contribution in [3.05, 3.63) is 46.7 Å². The van der Waals surface area contributed by atoms with Gasteiger partial charge in [-0.15, -0.1) is 0 Å². The SMILES string of the molecule is O/N=C/c1ccc(-c2cc(C(F)(F)F)ccc2Cl)o1. The second-order valence-corrected chi connectivity index (χ2v) is 4.05. The Morgan fingerprint density at radius 2 is 1.95 bits per heavy atom. The van der Waals surface area contributed by atoms with E-state index in [1.54, 1.807) is 0 Å². The predicted molar refractivity (Wildman–Crippen MR) is 63.5 cm³/mol. The molecule has 0 spiro atoms. The molecule has 1 heterocycles. The Labute approximate surface area is 110 Å². The molecule has 0 aliphatic carbocycles. The molecule has 2 rings (SSSR count). The maximum Gasteiger partial charge on any atom is 0.416 e. The summed E-state index contributed by atoms with van der Waals surface area (Å²) < 4.78 is 43.0. The third kappa shape index (κ3) is 2.90. The molecule has 1 aromatic heterocycles. The van der Waals surface area contributed by atoms with Crippen molar-refractivity contribution >= 4 is 17.8 Å². The number of alkyl halides is 3. The van der Waals surface area contributed by atoms with Gasteiger partial charge in [0.05, 0.1) is 10.6 Å². The van der Waals surface area contributed by atoms with Crippen molar-refractivity contribution < 1.29 is 22.8 Å². The van der Waals surface area contributed by atoms with Crippen molar-refractivity contribution in [1.82, 2.24) is 0 Å². The van der Waals surface area contributed by atoms with Crippen LogP contribution in [0.3, 0.4) is 0 Å². The maximum absolute atomic E-state index is 12.6. The number of halogens is 4. The molecule has 0 fully saturated rings. The lowest BCUT2D eigenvalue weighted by Crippen LogP contribution is -2.04. The predicted octanol–water partition coefficient (Wildman–Crippen LogP) is 4.43. The lowest BCUT2D eigenvalue weighted by molar-refractivity contribution is -0.137. The Hall–Kier alpha value is -1.95. The minimum absolute atomic E-state index is 0.120. The van der Waals surface area contributed by atoms with Crippen LogP contribution in [0.5, 0.6) is 0 Å². The van der Waals surface area contributed by atoms with Crippen molar-refractivity contribution in [2.75, 3.05) is 0 Å². The average molecular weight is 290 g/mol. The van der Waals surface area contributed by atoms with Crippen LogP contribution in [-0.2, 0) is 6.18 Å². The van der Waals surface area contributed by atoms with Crippen LogP contribution in [0.1, 0.15) is 11.3 Å². The average Bonchev–Trinajstić information content (AvgIpc) is 2.77. The Balaban J connectivity index is 2.48. The van der Waals surface area contributed by atoms with E-state index in [0.29, 0.717) is 0 Å². The summed E-state index contributed by atoms with van der Waals surface area (Å²) in [5, 5.41) is 11.2. The molecule has 0 unspecified atom stereocenters. The number of hydrogen-bond donors (Lipinski definition) is 1. The van der Waals surface area contributed by atoms with Crippen LogP contribution in [0.4, 0.5) is 13.2 Å². The molecule has 3 nitrogen and oxygen atoms in total. The van der Waals surface area contributed by atoms with E-state index in [1.165, 1.54) is 12.1 Å². The van der Waals surface area contributed by atoms with E-state index in [-0.39, 0.29) is 22.1 Å². The number of oxime groups is 1. The van der Waals surface area contributed by atoms with Gasteiger partial charge in [-0.25, -0.2) is 0 Å². The van der Waals surface area contributed by atoms with Crippen molar-refractivity contribution in [1.29, 1.82) is 0 Å². The van der Waals surface area contributed by atoms with Crippen LogP contribution in [0.25, 0.3) is 11.3 Å². The standard InChI is InChI=1S/C12H7ClF3NO2/c13-10-3-1-7(12(14,15)16)5-9(10)11-4-2-8(19-11)6-17-18/h1-6,18H/b17-6+. The fourth-order valence-electron chi connectivity index (χ4n) is 1.51. The second-order valence-electron chi connectivity index (χ2n) is 3.64. The fourth-order valence-corrected chi connectivity index (χ4v) is 1.72. The van der Waals surface area contributed by atoms with Gasteiger partial charge in [-0.05, 0) is 30.3 Å². The molecule has 100 valence electrons. The first-order valence-electron chi connectivity index (χ1n) is 5.06. The summed E-state index contributed by atoms with van der Waals surface area (Å²) in [6.45, 7) is 0. The normalized spacial score (nSPS) is 12.2. The number of rotatable bonds is 2. The van der Waals surface area contributed by atoms with Crippen molar-refractivity contribution in [3.63, 3.8) is 0 Å². The molecular formula is C12H7ClF3NO2. The quantitative estimate of drug-likeness (QED) is 0.505. The summed E-state index contributed by atoms with van der Waals surface area (Å²) in [5.74, 6) is 0.358. The molecule has 0 amide bonds. The maximum atomic E-state index is 12.6. The Bertz CT molecular complexity index is 620. The van der Waals surface area contributed by atoms with E-state index in [0.717, 1.165) is 24.4 Å². The van der Waals surface area contributed by atoms with Crippen LogP contribution in [0.15, 0.2) is 39.9 Å². The van der Waals surface area contributed by atoms with Crippen molar-refractivity contribution in [3.8, 4) is 11.3 Å². The lowest BCUT2D eigenvalue weighted by Gasteiger charge is -2.08. The highest BCUT2D eigenvalue weighted by Crippen LogP contribution is 2.36. The topological polar surface area (TPSA) is 45.7 Å². The van der Waals surface area contributed by atoms with Crippen molar-refractivity contribution in [2.45, 2.75) is 6.18 Å². The molecule has 0 aliphatic rings. The fraction of sp³-hybridized carbons (Fsp3) is 0.0833. The minimum Gasteiger partial charge on any atom is -0.455 e. The highest BCUT2D eigenvalue weighted by atomic mass is 35.5. The van der Waals surface area contributed by atoms with E-state index >= 15 is 0 Å². The Kier molecular flexibility index (Phi) is 3.53. The van der Waals surface area contributed by atoms with Crippen LogP contribution < -0.4 is 0 Å². The molecule has 7 heteroatoms.